The molecular formula is C14H15FN2O2S. The Morgan fingerprint density at radius 1 is 1.05 bits per heavy atom. The minimum Gasteiger partial charge on any atom is -0.398 e. The number of sulfonamides is 1. The van der Waals surface area contributed by atoms with Crippen LogP contribution in [0.25, 0.3) is 0 Å². The summed E-state index contributed by atoms with van der Waals surface area (Å²) in [5, 5.41) is 0. The van der Waals surface area contributed by atoms with Crippen LogP contribution in [0.4, 0.5) is 15.8 Å². The first-order chi connectivity index (χ1) is 9.28. The summed E-state index contributed by atoms with van der Waals surface area (Å²) in [7, 11) is -3.84. The van der Waals surface area contributed by atoms with E-state index in [9.17, 15) is 12.8 Å². The summed E-state index contributed by atoms with van der Waals surface area (Å²) in [5.74, 6) is -0.500. The third-order valence-corrected chi connectivity index (χ3v) is 4.20. The number of nitrogens with two attached hydrogens (primary N) is 1. The molecule has 106 valence electrons. The second-order valence-corrected chi connectivity index (χ2v) is 6.31. The van der Waals surface area contributed by atoms with Crippen molar-refractivity contribution >= 4 is 21.4 Å². The molecule has 20 heavy (non-hydrogen) atoms. The second-order valence-electron chi connectivity index (χ2n) is 4.66. The number of hydrogen-bond acceptors (Lipinski definition) is 3. The van der Waals surface area contributed by atoms with Gasteiger partial charge in [0.1, 0.15) is 10.7 Å². The molecule has 0 unspecified atom stereocenters. The third-order valence-electron chi connectivity index (χ3n) is 2.75. The Kier molecular flexibility index (Phi) is 3.67. The SMILES string of the molecule is Cc1cc(F)cc(NS(=O)(=O)c2ccc(C)cc2N)c1. The number of nitrogen functional groups attached to an aromatic ring is 1. The molecule has 0 aromatic heterocycles. The lowest BCUT2D eigenvalue weighted by Crippen LogP contribution is -2.15. The highest BCUT2D eigenvalue weighted by atomic mass is 32.2. The van der Waals surface area contributed by atoms with Crippen LogP contribution in [-0.4, -0.2) is 8.42 Å². The van der Waals surface area contributed by atoms with Crippen molar-refractivity contribution in [1.82, 2.24) is 0 Å². The highest BCUT2D eigenvalue weighted by Gasteiger charge is 2.17. The van der Waals surface area contributed by atoms with Crippen LogP contribution >= 0.6 is 0 Å². The van der Waals surface area contributed by atoms with Crippen LogP contribution in [0.5, 0.6) is 0 Å². The monoisotopic (exact) mass is 294 g/mol. The molecular weight excluding hydrogens is 279 g/mol. The fourth-order valence-corrected chi connectivity index (χ4v) is 3.07. The quantitative estimate of drug-likeness (QED) is 0.855. The lowest BCUT2D eigenvalue weighted by atomic mass is 10.2. The average Bonchev–Trinajstić information content (AvgIpc) is 2.25. The number of hydrogen-bond donors (Lipinski definition) is 2. The fourth-order valence-electron chi connectivity index (χ4n) is 1.92. The maximum Gasteiger partial charge on any atom is 0.263 e. The lowest BCUT2D eigenvalue weighted by Gasteiger charge is -2.11. The summed E-state index contributed by atoms with van der Waals surface area (Å²) < 4.78 is 40.1. The van der Waals surface area contributed by atoms with Crippen molar-refractivity contribution in [2.24, 2.45) is 0 Å². The summed E-state index contributed by atoms with van der Waals surface area (Å²) in [5.41, 5.74) is 7.54. The van der Waals surface area contributed by atoms with Gasteiger partial charge in [0, 0.05) is 0 Å². The van der Waals surface area contributed by atoms with Crippen LogP contribution in [0.3, 0.4) is 0 Å². The van der Waals surface area contributed by atoms with Gasteiger partial charge in [-0.15, -0.1) is 0 Å². The van der Waals surface area contributed by atoms with Crippen LogP contribution in [-0.2, 0) is 10.0 Å². The maximum atomic E-state index is 13.3. The van der Waals surface area contributed by atoms with Crippen LogP contribution in [0.2, 0.25) is 0 Å². The highest BCUT2D eigenvalue weighted by Crippen LogP contribution is 2.23. The van der Waals surface area contributed by atoms with E-state index in [0.29, 0.717) is 5.56 Å². The van der Waals surface area contributed by atoms with E-state index >= 15 is 0 Å². The van der Waals surface area contributed by atoms with Crippen molar-refractivity contribution in [3.8, 4) is 0 Å². The predicted molar refractivity (Wildman–Crippen MR) is 77.5 cm³/mol. The number of benzene rings is 2. The molecule has 0 spiro atoms. The number of aryl methyl sites for hydroxylation is 2. The van der Waals surface area contributed by atoms with Crippen molar-refractivity contribution in [2.45, 2.75) is 18.7 Å². The van der Waals surface area contributed by atoms with E-state index in [1.165, 1.54) is 12.1 Å². The van der Waals surface area contributed by atoms with Crippen molar-refractivity contribution in [3.05, 3.63) is 53.3 Å². The first-order valence-electron chi connectivity index (χ1n) is 5.94. The predicted octanol–water partition coefficient (Wildman–Crippen LogP) is 2.83. The van der Waals surface area contributed by atoms with Crippen LogP contribution < -0.4 is 10.5 Å². The normalized spacial score (nSPS) is 11.3. The highest BCUT2D eigenvalue weighted by molar-refractivity contribution is 7.92. The van der Waals surface area contributed by atoms with Gasteiger partial charge in [-0.25, -0.2) is 12.8 Å². The van der Waals surface area contributed by atoms with Gasteiger partial charge < -0.3 is 5.73 Å². The molecule has 0 heterocycles. The Bertz CT molecular complexity index is 738. The Labute approximate surface area is 117 Å². The molecule has 0 bridgehead atoms. The van der Waals surface area contributed by atoms with Gasteiger partial charge in [0.25, 0.3) is 10.0 Å². The molecule has 6 heteroatoms. The van der Waals surface area contributed by atoms with E-state index in [2.05, 4.69) is 4.72 Å². The maximum absolute atomic E-state index is 13.3. The molecule has 0 radical (unpaired) electrons. The largest absolute Gasteiger partial charge is 0.398 e. The topological polar surface area (TPSA) is 72.2 Å². The van der Waals surface area contributed by atoms with Gasteiger partial charge in [-0.1, -0.05) is 6.07 Å². The van der Waals surface area contributed by atoms with Crippen molar-refractivity contribution < 1.29 is 12.8 Å². The molecule has 0 aliphatic heterocycles. The van der Waals surface area contributed by atoms with Gasteiger partial charge in [0.15, 0.2) is 0 Å². The smallest absolute Gasteiger partial charge is 0.263 e. The molecule has 0 saturated heterocycles. The molecule has 4 nitrogen and oxygen atoms in total. The first-order valence-corrected chi connectivity index (χ1v) is 7.42. The first kappa shape index (κ1) is 14.3. The van der Waals surface area contributed by atoms with Crippen molar-refractivity contribution in [1.29, 1.82) is 0 Å². The van der Waals surface area contributed by atoms with Crippen LogP contribution in [0.1, 0.15) is 11.1 Å². The zero-order valence-electron chi connectivity index (χ0n) is 11.1. The van der Waals surface area contributed by atoms with E-state index in [1.54, 1.807) is 25.1 Å². The van der Waals surface area contributed by atoms with Crippen LogP contribution in [0, 0.1) is 19.7 Å². The van der Waals surface area contributed by atoms with E-state index in [4.69, 9.17) is 5.73 Å². The zero-order valence-corrected chi connectivity index (χ0v) is 12.0. The molecule has 0 aliphatic carbocycles. The van der Waals surface area contributed by atoms with Gasteiger partial charge in [-0.05, 0) is 55.3 Å². The summed E-state index contributed by atoms with van der Waals surface area (Å²) in [6.07, 6.45) is 0. The van der Waals surface area contributed by atoms with Crippen molar-refractivity contribution in [2.75, 3.05) is 10.5 Å². The van der Waals surface area contributed by atoms with E-state index in [0.717, 1.165) is 11.6 Å². The Morgan fingerprint density at radius 3 is 2.35 bits per heavy atom. The van der Waals surface area contributed by atoms with E-state index in [-0.39, 0.29) is 16.3 Å². The summed E-state index contributed by atoms with van der Waals surface area (Å²) in [6, 6.07) is 8.64. The third kappa shape index (κ3) is 3.08. The molecule has 3 N–H and O–H groups in total. The molecule has 2 aromatic rings. The number of rotatable bonds is 3. The Balaban J connectivity index is 2.40. The van der Waals surface area contributed by atoms with Gasteiger partial charge in [0.05, 0.1) is 11.4 Å². The molecule has 0 amide bonds. The summed E-state index contributed by atoms with van der Waals surface area (Å²) in [6.45, 7) is 3.50. The zero-order chi connectivity index (χ0) is 14.9. The van der Waals surface area contributed by atoms with Gasteiger partial charge in [-0.2, -0.15) is 0 Å². The van der Waals surface area contributed by atoms with Gasteiger partial charge >= 0.3 is 0 Å². The lowest BCUT2D eigenvalue weighted by molar-refractivity contribution is 0.601. The van der Waals surface area contributed by atoms with Crippen molar-refractivity contribution in [3.63, 3.8) is 0 Å². The number of anilines is 2. The second kappa shape index (κ2) is 5.13. The molecule has 0 aliphatic rings. The summed E-state index contributed by atoms with van der Waals surface area (Å²) >= 11 is 0. The van der Waals surface area contributed by atoms with E-state index < -0.39 is 15.8 Å². The number of halogens is 1. The van der Waals surface area contributed by atoms with Gasteiger partial charge in [-0.3, -0.25) is 4.72 Å². The molecule has 2 rings (SSSR count). The molecule has 0 atom stereocenters. The average molecular weight is 294 g/mol. The minimum atomic E-state index is -3.84. The fraction of sp³-hybridized carbons (Fsp3) is 0.143. The molecule has 0 fully saturated rings. The number of nitrogens with one attached hydrogen (secondary N) is 1. The minimum absolute atomic E-state index is 0.0231. The van der Waals surface area contributed by atoms with Gasteiger partial charge in [0.2, 0.25) is 0 Å². The van der Waals surface area contributed by atoms with Crippen LogP contribution in [0.15, 0.2) is 41.3 Å². The Hall–Kier alpha value is -2.08. The molecule has 0 saturated carbocycles. The Morgan fingerprint density at radius 2 is 1.75 bits per heavy atom. The molecule has 2 aromatic carbocycles. The van der Waals surface area contributed by atoms with E-state index in [1.807, 2.05) is 6.92 Å². The standard InChI is InChI=1S/C14H15FN2O2S/c1-9-3-4-14(13(16)7-9)20(18,19)17-12-6-10(2)5-11(15)8-12/h3-8,17H,16H2,1-2H3. The summed E-state index contributed by atoms with van der Waals surface area (Å²) in [4.78, 5) is -0.0231.